The van der Waals surface area contributed by atoms with E-state index < -0.39 is 6.04 Å². The topological polar surface area (TPSA) is 71.1 Å². The van der Waals surface area contributed by atoms with Crippen molar-refractivity contribution in [2.75, 3.05) is 26.3 Å². The zero-order chi connectivity index (χ0) is 23.7. The number of rotatable bonds is 6. The van der Waals surface area contributed by atoms with Gasteiger partial charge in [-0.15, -0.1) is 0 Å². The summed E-state index contributed by atoms with van der Waals surface area (Å²) in [5, 5.41) is 3.22. The van der Waals surface area contributed by atoms with Crippen LogP contribution in [-0.2, 0) is 29.2 Å². The van der Waals surface area contributed by atoms with Crippen LogP contribution in [-0.4, -0.2) is 54.0 Å². The van der Waals surface area contributed by atoms with Crippen molar-refractivity contribution in [1.29, 1.82) is 0 Å². The normalized spacial score (nSPS) is 20.9. The zero-order valence-electron chi connectivity index (χ0n) is 19.0. The second-order valence-corrected chi connectivity index (χ2v) is 9.38. The SMILES string of the molecule is C=C1CCC(N2Cc3c(ccc(Cl)c3OCc3ccc(CN4CCOCC4)cc3)C2=O)C(=O)N1. The number of benzene rings is 2. The fourth-order valence-electron chi connectivity index (χ4n) is 4.73. The van der Waals surface area contributed by atoms with Crippen molar-refractivity contribution >= 4 is 23.4 Å². The van der Waals surface area contributed by atoms with E-state index in [1.165, 1.54) is 5.56 Å². The molecule has 1 N–H and O–H groups in total. The molecule has 3 aliphatic rings. The van der Waals surface area contributed by atoms with Gasteiger partial charge >= 0.3 is 0 Å². The van der Waals surface area contributed by atoms with E-state index in [0.29, 0.717) is 48.0 Å². The van der Waals surface area contributed by atoms with E-state index in [2.05, 4.69) is 41.1 Å². The lowest BCUT2D eigenvalue weighted by Gasteiger charge is -2.31. The molecule has 0 aliphatic carbocycles. The number of halogens is 1. The summed E-state index contributed by atoms with van der Waals surface area (Å²) in [4.78, 5) is 29.5. The van der Waals surface area contributed by atoms with Gasteiger partial charge in [-0.05, 0) is 36.1 Å². The Bertz CT molecular complexity index is 1110. The Morgan fingerprint density at radius 3 is 2.56 bits per heavy atom. The lowest BCUT2D eigenvalue weighted by molar-refractivity contribution is -0.126. The lowest BCUT2D eigenvalue weighted by atomic mass is 10.0. The Morgan fingerprint density at radius 1 is 1.09 bits per heavy atom. The highest BCUT2D eigenvalue weighted by Gasteiger charge is 2.39. The summed E-state index contributed by atoms with van der Waals surface area (Å²) in [5.74, 6) is 0.146. The van der Waals surface area contributed by atoms with Gasteiger partial charge in [0.15, 0.2) is 0 Å². The summed E-state index contributed by atoms with van der Waals surface area (Å²) in [6.07, 6.45) is 1.22. The van der Waals surface area contributed by atoms with Crippen molar-refractivity contribution < 1.29 is 19.1 Å². The van der Waals surface area contributed by atoms with Gasteiger partial charge < -0.3 is 19.7 Å². The minimum absolute atomic E-state index is 0.170. The average molecular weight is 482 g/mol. The van der Waals surface area contributed by atoms with Gasteiger partial charge in [-0.25, -0.2) is 0 Å². The molecule has 0 aromatic heterocycles. The molecule has 178 valence electrons. The number of carbonyl (C=O) groups excluding carboxylic acids is 2. The molecule has 0 radical (unpaired) electrons. The third kappa shape index (κ3) is 4.69. The van der Waals surface area contributed by atoms with Gasteiger partial charge in [0.1, 0.15) is 18.4 Å². The van der Waals surface area contributed by atoms with Crippen LogP contribution in [0.25, 0.3) is 0 Å². The number of amides is 2. The molecule has 2 amide bonds. The molecule has 0 saturated carbocycles. The lowest BCUT2D eigenvalue weighted by Crippen LogP contribution is -2.49. The highest BCUT2D eigenvalue weighted by atomic mass is 35.5. The molecular weight excluding hydrogens is 454 g/mol. The molecular formula is C26H28ClN3O4. The van der Waals surface area contributed by atoms with Crippen molar-refractivity contribution in [2.24, 2.45) is 0 Å². The third-order valence-corrected chi connectivity index (χ3v) is 6.94. The van der Waals surface area contributed by atoms with Gasteiger partial charge in [0.25, 0.3) is 5.91 Å². The molecule has 2 aromatic rings. The highest BCUT2D eigenvalue weighted by molar-refractivity contribution is 6.32. The number of ether oxygens (including phenoxy) is 2. The first-order chi connectivity index (χ1) is 16.5. The molecule has 8 heteroatoms. The smallest absolute Gasteiger partial charge is 0.255 e. The molecule has 5 rings (SSSR count). The van der Waals surface area contributed by atoms with Crippen LogP contribution >= 0.6 is 11.6 Å². The Hall–Kier alpha value is -2.87. The van der Waals surface area contributed by atoms with Crippen molar-refractivity contribution in [1.82, 2.24) is 15.1 Å². The summed E-state index contributed by atoms with van der Waals surface area (Å²) in [6.45, 7) is 8.84. The molecule has 0 bridgehead atoms. The second-order valence-electron chi connectivity index (χ2n) is 8.98. The molecule has 0 spiro atoms. The van der Waals surface area contributed by atoms with Crippen LogP contribution in [0.15, 0.2) is 48.7 Å². The standard InChI is InChI=1S/C26H28ClN3O4/c1-17-2-9-23(25(31)28-17)30-15-21-20(26(30)32)7-8-22(27)24(21)34-16-19-5-3-18(4-6-19)14-29-10-12-33-13-11-29/h3-8,23H,1-2,9-16H2,(H,28,31). The van der Waals surface area contributed by atoms with Crippen LogP contribution < -0.4 is 10.1 Å². The van der Waals surface area contributed by atoms with Crippen LogP contribution in [0.4, 0.5) is 0 Å². The third-order valence-electron chi connectivity index (χ3n) is 6.65. The minimum atomic E-state index is -0.518. The first kappa shape index (κ1) is 22.9. The van der Waals surface area contributed by atoms with Crippen molar-refractivity contribution in [3.05, 3.63) is 76.0 Å². The van der Waals surface area contributed by atoms with E-state index in [4.69, 9.17) is 21.1 Å². The average Bonchev–Trinajstić information content (AvgIpc) is 3.16. The summed E-state index contributed by atoms with van der Waals surface area (Å²) in [7, 11) is 0. The Morgan fingerprint density at radius 2 is 1.82 bits per heavy atom. The maximum Gasteiger partial charge on any atom is 0.255 e. The quantitative estimate of drug-likeness (QED) is 0.683. The summed E-state index contributed by atoms with van der Waals surface area (Å²) >= 11 is 6.48. The molecule has 2 aromatic carbocycles. The van der Waals surface area contributed by atoms with Gasteiger partial charge in [-0.1, -0.05) is 42.4 Å². The van der Waals surface area contributed by atoms with E-state index in [1.807, 2.05) is 0 Å². The van der Waals surface area contributed by atoms with Crippen molar-refractivity contribution in [3.63, 3.8) is 0 Å². The largest absolute Gasteiger partial charge is 0.487 e. The van der Waals surface area contributed by atoms with Crippen LogP contribution in [0.1, 0.15) is 39.9 Å². The summed E-state index contributed by atoms with van der Waals surface area (Å²) < 4.78 is 11.5. The monoisotopic (exact) mass is 481 g/mol. The Kier molecular flexibility index (Phi) is 6.59. The summed E-state index contributed by atoms with van der Waals surface area (Å²) in [6, 6.07) is 11.2. The number of morpholine rings is 1. The second kappa shape index (κ2) is 9.78. The molecule has 2 saturated heterocycles. The number of carbonyl (C=O) groups is 2. The zero-order valence-corrected chi connectivity index (χ0v) is 19.8. The van der Waals surface area contributed by atoms with E-state index in [1.54, 1.807) is 17.0 Å². The van der Waals surface area contributed by atoms with Crippen molar-refractivity contribution in [3.8, 4) is 5.75 Å². The van der Waals surface area contributed by atoms with Gasteiger partial charge in [0.2, 0.25) is 5.91 Å². The number of hydrogen-bond acceptors (Lipinski definition) is 5. The van der Waals surface area contributed by atoms with Gasteiger partial charge in [0.05, 0.1) is 24.8 Å². The highest BCUT2D eigenvalue weighted by Crippen LogP contribution is 2.39. The molecule has 2 fully saturated rings. The van der Waals surface area contributed by atoms with Crippen LogP contribution in [0.2, 0.25) is 5.02 Å². The maximum atomic E-state index is 13.1. The number of nitrogens with zero attached hydrogens (tertiary/aromatic N) is 2. The Balaban J connectivity index is 1.27. The predicted octanol–water partition coefficient (Wildman–Crippen LogP) is 3.50. The first-order valence-electron chi connectivity index (χ1n) is 11.6. The van der Waals surface area contributed by atoms with E-state index >= 15 is 0 Å². The molecule has 1 unspecified atom stereocenters. The van der Waals surface area contributed by atoms with E-state index in [0.717, 1.165) is 44.0 Å². The summed E-state index contributed by atoms with van der Waals surface area (Å²) in [5.41, 5.74) is 4.23. The minimum Gasteiger partial charge on any atom is -0.487 e. The number of nitrogens with one attached hydrogen (secondary N) is 1. The predicted molar refractivity (Wildman–Crippen MR) is 129 cm³/mol. The first-order valence-corrected chi connectivity index (χ1v) is 12.0. The molecule has 7 nitrogen and oxygen atoms in total. The van der Waals surface area contributed by atoms with Crippen LogP contribution in [0.3, 0.4) is 0 Å². The van der Waals surface area contributed by atoms with Gasteiger partial charge in [0, 0.05) is 36.5 Å². The van der Waals surface area contributed by atoms with Crippen molar-refractivity contribution in [2.45, 2.75) is 38.6 Å². The molecule has 34 heavy (non-hydrogen) atoms. The van der Waals surface area contributed by atoms with E-state index in [9.17, 15) is 9.59 Å². The van der Waals surface area contributed by atoms with Crippen LogP contribution in [0, 0.1) is 0 Å². The number of allylic oxidation sites excluding steroid dienone is 1. The maximum absolute atomic E-state index is 13.1. The molecule has 3 aliphatic heterocycles. The van der Waals surface area contributed by atoms with E-state index in [-0.39, 0.29) is 11.8 Å². The fourth-order valence-corrected chi connectivity index (χ4v) is 4.97. The molecule has 3 heterocycles. The van der Waals surface area contributed by atoms with Gasteiger partial charge in [-0.2, -0.15) is 0 Å². The fraction of sp³-hybridized carbons (Fsp3) is 0.385. The van der Waals surface area contributed by atoms with Gasteiger partial charge in [-0.3, -0.25) is 14.5 Å². The number of fused-ring (bicyclic) bond motifs is 1. The number of hydrogen-bond donors (Lipinski definition) is 1. The molecule has 1 atom stereocenters. The Labute approximate surface area is 204 Å². The number of piperidine rings is 1. The van der Waals surface area contributed by atoms with Crippen LogP contribution in [0.5, 0.6) is 5.75 Å².